The van der Waals surface area contributed by atoms with Crippen molar-refractivity contribution in [2.45, 2.75) is 29.7 Å². The van der Waals surface area contributed by atoms with Crippen LogP contribution >= 0.6 is 0 Å². The van der Waals surface area contributed by atoms with E-state index in [0.717, 1.165) is 0 Å². The average Bonchev–Trinajstić information content (AvgIpc) is 0. The van der Waals surface area contributed by atoms with Crippen LogP contribution in [-0.2, 0) is 0 Å². The minimum absolute atomic E-state index is 0. The van der Waals surface area contributed by atoms with Gasteiger partial charge in [-0.05, 0) is 0 Å². The average molecular weight is 78.0 g/mol. The van der Waals surface area contributed by atoms with Gasteiger partial charge in [0.2, 0.25) is 0 Å². The molecule has 38 valence electrons. The van der Waals surface area contributed by atoms with E-state index in [1.54, 1.807) is 0 Å². The van der Waals surface area contributed by atoms with Gasteiger partial charge in [-0.25, -0.2) is 0 Å². The second-order valence-electron chi connectivity index (χ2n) is 0. The smallest absolute Gasteiger partial charge is 0.0776 e. The van der Waals surface area contributed by atoms with Crippen molar-refractivity contribution in [3.63, 3.8) is 0 Å². The Morgan fingerprint density at radius 2 is 0.400 bits per heavy atom. The number of rotatable bonds is 0. The molecule has 0 aliphatic carbocycles. The van der Waals surface area contributed by atoms with E-state index in [0.29, 0.717) is 0 Å². The molecule has 0 saturated heterocycles. The van der Waals surface area contributed by atoms with Crippen LogP contribution in [-0.4, -0.2) is 8.41 Å². The summed E-state index contributed by atoms with van der Waals surface area (Å²) >= 11 is 0. The summed E-state index contributed by atoms with van der Waals surface area (Å²) < 4.78 is 0. The van der Waals surface area contributed by atoms with E-state index >= 15 is 0 Å². The molecule has 0 heterocycles. The van der Waals surface area contributed by atoms with Crippen LogP contribution in [0.1, 0.15) is 29.7 Å². The summed E-state index contributed by atoms with van der Waals surface area (Å²) in [6.07, 6.45) is 0. The molecule has 0 nitrogen and oxygen atoms in total. The fourth-order valence-electron chi connectivity index (χ4n) is 0. The van der Waals surface area contributed by atoms with Gasteiger partial charge in [-0.1, -0.05) is 29.7 Å². The molecule has 0 aromatic rings. The van der Waals surface area contributed by atoms with Gasteiger partial charge < -0.3 is 0 Å². The normalized spacial score (nSPS) is 0. The van der Waals surface area contributed by atoms with Gasteiger partial charge in [0.25, 0.3) is 0 Å². The van der Waals surface area contributed by atoms with Gasteiger partial charge >= 0.3 is 0 Å². The second kappa shape index (κ2) is 9060. The molecule has 1 heteroatoms. The van der Waals surface area contributed by atoms with Gasteiger partial charge in [0.15, 0.2) is 0 Å². The molecule has 0 N–H and O–H groups in total. The zero-order valence-electron chi connectivity index (χ0n) is 0. The molecule has 0 aromatic heterocycles. The summed E-state index contributed by atoms with van der Waals surface area (Å²) in [6.45, 7) is 0. The highest BCUT2D eigenvalue weighted by Gasteiger charge is 0.0814. The van der Waals surface area contributed by atoms with E-state index < -0.39 is 0 Å². The lowest BCUT2D eigenvalue weighted by molar-refractivity contribution is 2.50. The molecule has 0 saturated carbocycles. The van der Waals surface area contributed by atoms with Crippen LogP contribution in [0.5, 0.6) is 0 Å². The molecule has 0 fully saturated rings. The second-order valence-corrected chi connectivity index (χ2v) is 0. The third-order valence-electron chi connectivity index (χ3n) is 0. The van der Waals surface area contributed by atoms with Gasteiger partial charge in [-0.2, -0.15) is 0 Å². The molecule has 0 atom stereocenters. The summed E-state index contributed by atoms with van der Waals surface area (Å²) in [6, 6.07) is 0. The highest BCUT2D eigenvalue weighted by Crippen LogP contribution is 0.147. The van der Waals surface area contributed by atoms with E-state index in [1.165, 1.54) is 0 Å². The Morgan fingerprint density at radius 3 is 0.400 bits per heavy atom. The molecule has 0 bridgehead atoms. The quantitative estimate of drug-likeness (QED) is 0.384. The maximum atomic E-state index is 0. The predicted octanol–water partition coefficient (Wildman–Crippen LogP) is 1.36. The summed E-state index contributed by atoms with van der Waals surface area (Å²) in [4.78, 5) is 0. The van der Waals surface area contributed by atoms with E-state index in [-0.39, 0.29) is 38.1 Å². The van der Waals surface area contributed by atoms with Crippen molar-refractivity contribution >= 4 is 8.41 Å². The highest BCUT2D eigenvalue weighted by molar-refractivity contribution is 5.75. The molecular weight excluding hydrogens is 58.9 g/mol. The fourth-order valence-corrected chi connectivity index (χ4v) is 0. The Labute approximate surface area is 39.2 Å². The molecule has 5 heavy (non-hydrogen) atoms. The van der Waals surface area contributed by atoms with Crippen molar-refractivity contribution in [2.24, 2.45) is 0 Å². The van der Waals surface area contributed by atoms with Crippen LogP contribution in [0.25, 0.3) is 0 Å². The highest BCUT2D eigenvalue weighted by atomic mass is 12.0. The SMILES string of the molecule is B.C.C.C.C. The van der Waals surface area contributed by atoms with E-state index in [2.05, 4.69) is 0 Å². The van der Waals surface area contributed by atoms with E-state index in [1.807, 2.05) is 0 Å². The standard InChI is InChI=1S/4CH4.BH3/h4*1H4;1H3. The van der Waals surface area contributed by atoms with E-state index in [9.17, 15) is 0 Å². The van der Waals surface area contributed by atoms with Crippen molar-refractivity contribution in [1.29, 1.82) is 0 Å². The Hall–Kier alpha value is 0.0649. The molecule has 0 aliphatic rings. The monoisotopic (exact) mass is 78.2 g/mol. The molecule has 0 spiro atoms. The Morgan fingerprint density at radius 1 is 0.400 bits per heavy atom. The maximum absolute atomic E-state index is 0. The molecule has 0 aromatic carbocycles. The third kappa shape index (κ3) is 4110. The van der Waals surface area contributed by atoms with Gasteiger partial charge in [0.1, 0.15) is 0 Å². The summed E-state index contributed by atoms with van der Waals surface area (Å²) in [5, 5.41) is 0. The van der Waals surface area contributed by atoms with Gasteiger partial charge in [-0.3, -0.25) is 0 Å². The first kappa shape index (κ1) is 19800. The van der Waals surface area contributed by atoms with Crippen molar-refractivity contribution in [3.8, 4) is 0 Å². The van der Waals surface area contributed by atoms with Crippen LogP contribution < -0.4 is 0 Å². The topological polar surface area (TPSA) is 0 Å². The zero-order valence-corrected chi connectivity index (χ0v) is 0. The first-order valence-corrected chi connectivity index (χ1v) is 0. The third-order valence-corrected chi connectivity index (χ3v) is 0. The van der Waals surface area contributed by atoms with Crippen molar-refractivity contribution in [3.05, 3.63) is 0 Å². The van der Waals surface area contributed by atoms with Gasteiger partial charge in [0.05, 0.1) is 8.41 Å². The van der Waals surface area contributed by atoms with Crippen molar-refractivity contribution in [1.82, 2.24) is 0 Å². The van der Waals surface area contributed by atoms with Crippen LogP contribution in [0, 0.1) is 0 Å². The van der Waals surface area contributed by atoms with Gasteiger partial charge in [-0.15, -0.1) is 0 Å². The maximum Gasteiger partial charge on any atom is 0.0814 e. The summed E-state index contributed by atoms with van der Waals surface area (Å²) in [5.74, 6) is 0. The summed E-state index contributed by atoms with van der Waals surface area (Å²) in [5.41, 5.74) is 0. The van der Waals surface area contributed by atoms with Crippen LogP contribution in [0.4, 0.5) is 0 Å². The van der Waals surface area contributed by atoms with E-state index in [4.69, 9.17) is 0 Å². The van der Waals surface area contributed by atoms with Gasteiger partial charge in [0, 0.05) is 0 Å². The molecular formula is C4H19B. The van der Waals surface area contributed by atoms with Crippen molar-refractivity contribution in [2.75, 3.05) is 0 Å². The first-order chi connectivity index (χ1) is 0. The van der Waals surface area contributed by atoms with Crippen LogP contribution in [0.2, 0.25) is 0 Å². The Balaban J connectivity index is 0. The number of hydrogen-bond donors (Lipinski definition) is 0. The molecule has 0 unspecified atom stereocenters. The first-order valence-electron chi connectivity index (χ1n) is 0. The van der Waals surface area contributed by atoms with Crippen molar-refractivity contribution < 1.29 is 0 Å². The molecule has 0 rings (SSSR count). The molecule has 0 amide bonds. The largest absolute Gasteiger partial charge is 0.0814 e. The zero-order chi connectivity index (χ0) is 0. The lowest BCUT2D eigenvalue weighted by atomic mass is 10.8. The summed E-state index contributed by atoms with van der Waals surface area (Å²) in [7, 11) is 0. The van der Waals surface area contributed by atoms with Crippen LogP contribution in [0.15, 0.2) is 0 Å². The minimum atomic E-state index is 0. The Bertz CT molecular complexity index is 3.61. The van der Waals surface area contributed by atoms with Crippen LogP contribution in [0.3, 0.4) is 0 Å². The lowest BCUT2D eigenvalue weighted by Crippen LogP contribution is -0.381. The number of hydrogen-bond acceptors (Lipinski definition) is 0. The molecule has 0 aliphatic heterocycles. The Kier molecular flexibility index (Phi) is 35900000. The molecule has 0 radical (unpaired) electrons. The fraction of sp³-hybridized carbons (Fsp3) is 1.00. The predicted molar refractivity (Wildman–Crippen MR) is 36.9 cm³/mol. The minimum Gasteiger partial charge on any atom is -0.0776 e. The lowest BCUT2D eigenvalue weighted by Gasteiger charge is -0.0786.